The van der Waals surface area contributed by atoms with Crippen molar-refractivity contribution in [1.82, 2.24) is 9.80 Å². The van der Waals surface area contributed by atoms with Crippen LogP contribution in [0.15, 0.2) is 0 Å². The first-order valence-corrected chi connectivity index (χ1v) is 21.3. The van der Waals surface area contributed by atoms with Crippen molar-refractivity contribution in [3.8, 4) is 0 Å². The molecule has 5 aliphatic carbocycles. The van der Waals surface area contributed by atoms with Crippen LogP contribution < -0.4 is 0 Å². The molecule has 3 saturated heterocycles. The number of likely N-dealkylation sites (tertiary alicyclic amines) is 1. The van der Waals surface area contributed by atoms with E-state index in [-0.39, 0.29) is 69.0 Å². The van der Waals surface area contributed by atoms with E-state index < -0.39 is 35.8 Å². The minimum absolute atomic E-state index is 0.0199. The Bertz CT molecular complexity index is 1500. The number of carbonyl (C=O) groups excluding carboxylic acids is 2. The molecular weight excluding hydrogens is 688 g/mol. The highest BCUT2D eigenvalue weighted by Gasteiger charge is 2.84. The predicted molar refractivity (Wildman–Crippen MR) is 201 cm³/mol. The van der Waals surface area contributed by atoms with E-state index in [0.29, 0.717) is 51.0 Å². The first kappa shape index (κ1) is 39.3. The summed E-state index contributed by atoms with van der Waals surface area (Å²) in [6.45, 7) is 22.9. The number of amides is 2. The summed E-state index contributed by atoms with van der Waals surface area (Å²) in [4.78, 5) is 29.4. The number of carbonyl (C=O) groups is 2. The number of fused-ring (bicyclic) bond motifs is 4. The van der Waals surface area contributed by atoms with E-state index in [1.165, 1.54) is 12.8 Å². The average Bonchev–Trinajstić information content (AvgIpc) is 3.68. The van der Waals surface area contributed by atoms with Gasteiger partial charge in [-0.1, -0.05) is 34.6 Å². The molecule has 3 heterocycles. The highest BCUT2D eigenvalue weighted by atomic mass is 16.7. The maximum atomic E-state index is 13.5. The van der Waals surface area contributed by atoms with Crippen molar-refractivity contribution in [2.75, 3.05) is 32.8 Å². The SMILES string of the molecule is CC1CC(C(O)C(C)(C)O)OC2C1C1(C)CCC34CC35CCC(OC3CN(C(=O)C6CN(C(=O)OC(C)(C)C)C6)CCO3)C(C)(C)C5CCC4C1(C)C2O. The Morgan fingerprint density at radius 2 is 1.57 bits per heavy atom. The summed E-state index contributed by atoms with van der Waals surface area (Å²) in [7, 11) is 0. The molecule has 0 bridgehead atoms. The number of hydrogen-bond donors (Lipinski definition) is 3. The van der Waals surface area contributed by atoms with Crippen LogP contribution >= 0.6 is 0 Å². The Kier molecular flexibility index (Phi) is 9.11. The molecule has 8 rings (SSSR count). The van der Waals surface area contributed by atoms with Gasteiger partial charge in [0, 0.05) is 25.0 Å². The van der Waals surface area contributed by atoms with Gasteiger partial charge in [-0.25, -0.2) is 4.79 Å². The third-order valence-corrected chi connectivity index (χ3v) is 17.4. The topological polar surface area (TPSA) is 138 Å². The number of hydrogen-bond acceptors (Lipinski definition) is 9. The van der Waals surface area contributed by atoms with Gasteiger partial charge in [-0.2, -0.15) is 0 Å². The second-order valence-corrected chi connectivity index (χ2v) is 21.9. The lowest BCUT2D eigenvalue weighted by Crippen LogP contribution is -2.61. The van der Waals surface area contributed by atoms with Crippen molar-refractivity contribution in [3.63, 3.8) is 0 Å². The highest BCUT2D eigenvalue weighted by Crippen LogP contribution is 2.89. The molecule has 14 atom stereocenters. The molecule has 8 aliphatic rings. The monoisotopic (exact) mass is 759 g/mol. The molecule has 14 unspecified atom stereocenters. The maximum absolute atomic E-state index is 13.5. The van der Waals surface area contributed by atoms with Gasteiger partial charge >= 0.3 is 6.09 Å². The molecule has 2 spiro atoms. The normalized spacial score (nSPS) is 47.6. The van der Waals surface area contributed by atoms with Crippen LogP contribution in [-0.2, 0) is 23.7 Å². The molecule has 3 aliphatic heterocycles. The van der Waals surface area contributed by atoms with Gasteiger partial charge in [0.05, 0.1) is 49.1 Å². The Balaban J connectivity index is 0.935. The van der Waals surface area contributed by atoms with E-state index in [4.69, 9.17) is 18.9 Å². The van der Waals surface area contributed by atoms with Crippen molar-refractivity contribution < 1.29 is 43.9 Å². The van der Waals surface area contributed by atoms with Crippen molar-refractivity contribution >= 4 is 12.0 Å². The lowest BCUT2D eigenvalue weighted by atomic mass is 9.41. The molecule has 306 valence electrons. The summed E-state index contributed by atoms with van der Waals surface area (Å²) in [5.41, 5.74) is -1.84. The summed E-state index contributed by atoms with van der Waals surface area (Å²) in [6, 6.07) is 0. The quantitative estimate of drug-likeness (QED) is 0.338. The minimum atomic E-state index is -1.28. The van der Waals surface area contributed by atoms with Crippen LogP contribution in [0.1, 0.15) is 121 Å². The van der Waals surface area contributed by atoms with Crippen LogP contribution in [0.5, 0.6) is 0 Å². The highest BCUT2D eigenvalue weighted by molar-refractivity contribution is 5.82. The smallest absolute Gasteiger partial charge is 0.410 e. The van der Waals surface area contributed by atoms with Gasteiger partial charge in [0.1, 0.15) is 11.7 Å². The molecule has 11 heteroatoms. The zero-order valence-corrected chi connectivity index (χ0v) is 34.7. The van der Waals surface area contributed by atoms with E-state index in [2.05, 4.69) is 34.6 Å². The zero-order chi connectivity index (χ0) is 39.2. The molecule has 3 N–H and O–H groups in total. The fourth-order valence-electron chi connectivity index (χ4n) is 14.7. The summed E-state index contributed by atoms with van der Waals surface area (Å²) < 4.78 is 25.2. The van der Waals surface area contributed by atoms with Crippen LogP contribution in [0.25, 0.3) is 0 Å². The average molecular weight is 759 g/mol. The number of nitrogens with zero attached hydrogens (tertiary/aromatic N) is 2. The second-order valence-electron chi connectivity index (χ2n) is 21.9. The molecule has 0 aromatic heterocycles. The number of aliphatic hydroxyl groups excluding tert-OH is 2. The summed E-state index contributed by atoms with van der Waals surface area (Å²) >= 11 is 0. The van der Waals surface area contributed by atoms with E-state index in [0.717, 1.165) is 32.1 Å². The van der Waals surface area contributed by atoms with E-state index in [9.17, 15) is 24.9 Å². The molecule has 11 nitrogen and oxygen atoms in total. The first-order valence-electron chi connectivity index (χ1n) is 21.3. The van der Waals surface area contributed by atoms with E-state index in [1.807, 2.05) is 25.7 Å². The van der Waals surface area contributed by atoms with E-state index >= 15 is 0 Å². The molecule has 0 aromatic carbocycles. The summed E-state index contributed by atoms with van der Waals surface area (Å²) in [6.07, 6.45) is 5.15. The zero-order valence-electron chi connectivity index (χ0n) is 34.7. The molecular formula is C43H70N2O9. The fourth-order valence-corrected chi connectivity index (χ4v) is 14.7. The number of rotatable bonds is 5. The lowest BCUT2D eigenvalue weighted by Gasteiger charge is -2.64. The van der Waals surface area contributed by atoms with Crippen LogP contribution in [0.4, 0.5) is 4.79 Å². The summed E-state index contributed by atoms with van der Waals surface area (Å²) in [5.74, 6) is 1.23. The predicted octanol–water partition coefficient (Wildman–Crippen LogP) is 5.37. The number of ether oxygens (including phenoxy) is 4. The molecule has 0 aromatic rings. The second kappa shape index (κ2) is 12.5. The van der Waals surface area contributed by atoms with Crippen molar-refractivity contribution in [1.29, 1.82) is 0 Å². The molecule has 0 radical (unpaired) electrons. The van der Waals surface area contributed by atoms with E-state index in [1.54, 1.807) is 18.7 Å². The third-order valence-electron chi connectivity index (χ3n) is 17.4. The van der Waals surface area contributed by atoms with Crippen LogP contribution in [0.3, 0.4) is 0 Å². The van der Waals surface area contributed by atoms with Crippen molar-refractivity contribution in [2.24, 2.45) is 56.7 Å². The van der Waals surface area contributed by atoms with Crippen LogP contribution in [-0.4, -0.2) is 118 Å². The summed E-state index contributed by atoms with van der Waals surface area (Å²) in [5, 5.41) is 34.2. The lowest BCUT2D eigenvalue weighted by molar-refractivity contribution is -0.248. The fraction of sp³-hybridized carbons (Fsp3) is 0.953. The van der Waals surface area contributed by atoms with Crippen molar-refractivity contribution in [3.05, 3.63) is 0 Å². The first-order chi connectivity index (χ1) is 25.0. The van der Waals surface area contributed by atoms with Gasteiger partial charge in [0.25, 0.3) is 0 Å². The van der Waals surface area contributed by atoms with Gasteiger partial charge in [-0.05, 0) is 131 Å². The Labute approximate surface area is 323 Å². The molecule has 8 fully saturated rings. The van der Waals surface area contributed by atoms with Crippen molar-refractivity contribution in [2.45, 2.75) is 169 Å². The van der Waals surface area contributed by atoms with Crippen LogP contribution in [0.2, 0.25) is 0 Å². The van der Waals surface area contributed by atoms with Gasteiger partial charge in [-0.15, -0.1) is 0 Å². The molecule has 5 saturated carbocycles. The Hall–Kier alpha value is -1.50. The standard InChI is InChI=1S/C43H70N2O9/c1-24-19-26(33(46)39(7,8)50)52-32-31(24)40(9)15-16-43-23-42(43)14-13-29(38(5,6)27(42)11-12-28(43)41(40,10)34(32)47)53-30-22-44(17-18-51-30)35(48)25-20-45(21-25)36(49)54-37(2,3)4/h24-34,46-47,50H,11-23H2,1-10H3. The number of aliphatic hydroxyl groups is 3. The maximum Gasteiger partial charge on any atom is 0.410 e. The molecule has 2 amide bonds. The molecule has 54 heavy (non-hydrogen) atoms. The third kappa shape index (κ3) is 5.54. The Morgan fingerprint density at radius 1 is 0.907 bits per heavy atom. The van der Waals surface area contributed by atoms with Gasteiger partial charge in [0.15, 0.2) is 6.29 Å². The van der Waals surface area contributed by atoms with Gasteiger partial charge < -0.3 is 44.1 Å². The number of morpholine rings is 1. The minimum Gasteiger partial charge on any atom is -0.444 e. The Morgan fingerprint density at radius 3 is 2.24 bits per heavy atom. The van der Waals surface area contributed by atoms with Gasteiger partial charge in [-0.3, -0.25) is 4.79 Å². The van der Waals surface area contributed by atoms with Gasteiger partial charge in [0.2, 0.25) is 5.91 Å². The largest absolute Gasteiger partial charge is 0.444 e. The van der Waals surface area contributed by atoms with Crippen LogP contribution in [0, 0.1) is 56.7 Å².